The third kappa shape index (κ3) is 2.73. The first-order chi connectivity index (χ1) is 9.65. The van der Waals surface area contributed by atoms with E-state index >= 15 is 0 Å². The molecule has 0 radical (unpaired) electrons. The van der Waals surface area contributed by atoms with Gasteiger partial charge in [0, 0.05) is 46.7 Å². The molecule has 1 aromatic rings. The molecule has 1 fully saturated rings. The van der Waals surface area contributed by atoms with Gasteiger partial charge in [0.25, 0.3) is 0 Å². The lowest BCUT2D eigenvalue weighted by molar-refractivity contribution is 0.559. The van der Waals surface area contributed by atoms with E-state index in [0.717, 1.165) is 48.8 Å². The maximum absolute atomic E-state index is 11.5. The van der Waals surface area contributed by atoms with Crippen molar-refractivity contribution in [1.29, 1.82) is 0 Å². The van der Waals surface area contributed by atoms with Crippen molar-refractivity contribution in [2.24, 2.45) is 0 Å². The van der Waals surface area contributed by atoms with Gasteiger partial charge in [-0.15, -0.1) is 0 Å². The van der Waals surface area contributed by atoms with Gasteiger partial charge in [0.15, 0.2) is 0 Å². The van der Waals surface area contributed by atoms with Gasteiger partial charge in [-0.25, -0.2) is 9.97 Å². The highest BCUT2D eigenvalue weighted by Crippen LogP contribution is 2.30. The molecule has 5 heteroatoms. The van der Waals surface area contributed by atoms with E-state index in [4.69, 9.17) is 4.98 Å². The minimum Gasteiger partial charge on any atom is -0.356 e. The van der Waals surface area contributed by atoms with Crippen molar-refractivity contribution in [1.82, 2.24) is 9.97 Å². The zero-order valence-electron chi connectivity index (χ0n) is 12.4. The Morgan fingerprint density at radius 3 is 2.60 bits per heavy atom. The summed E-state index contributed by atoms with van der Waals surface area (Å²) < 4.78 is 11.5. The van der Waals surface area contributed by atoms with E-state index in [1.165, 1.54) is 24.1 Å². The lowest BCUT2D eigenvalue weighted by atomic mass is 9.95. The molecule has 0 unspecified atom stereocenters. The second-order valence-electron chi connectivity index (χ2n) is 5.92. The lowest BCUT2D eigenvalue weighted by Gasteiger charge is -2.34. The predicted octanol–water partition coefficient (Wildman–Crippen LogP) is 2.01. The van der Waals surface area contributed by atoms with E-state index in [-0.39, 0.29) is 0 Å². The Morgan fingerprint density at radius 2 is 1.85 bits per heavy atom. The van der Waals surface area contributed by atoms with Gasteiger partial charge in [-0.1, -0.05) is 0 Å². The number of aryl methyl sites for hydroxylation is 2. The molecule has 2 heterocycles. The van der Waals surface area contributed by atoms with Crippen molar-refractivity contribution in [2.45, 2.75) is 51.5 Å². The van der Waals surface area contributed by atoms with Crippen molar-refractivity contribution in [2.75, 3.05) is 23.5 Å². The highest BCUT2D eigenvalue weighted by molar-refractivity contribution is 7.85. The summed E-state index contributed by atoms with van der Waals surface area (Å²) in [6.07, 6.45) is 6.72. The van der Waals surface area contributed by atoms with Crippen LogP contribution in [0.15, 0.2) is 0 Å². The fourth-order valence-electron chi connectivity index (χ4n) is 3.33. The van der Waals surface area contributed by atoms with Gasteiger partial charge < -0.3 is 4.90 Å². The predicted molar refractivity (Wildman–Crippen MR) is 82.7 cm³/mol. The molecule has 110 valence electrons. The minimum atomic E-state index is -0.600. The van der Waals surface area contributed by atoms with Crippen LogP contribution in [0.25, 0.3) is 0 Å². The summed E-state index contributed by atoms with van der Waals surface area (Å²) in [5, 5.41) is 0. The van der Waals surface area contributed by atoms with Gasteiger partial charge in [-0.2, -0.15) is 0 Å². The molecule has 0 bridgehead atoms. The molecule has 4 nitrogen and oxygen atoms in total. The number of aromatic nitrogens is 2. The van der Waals surface area contributed by atoms with Gasteiger partial charge >= 0.3 is 0 Å². The molecule has 0 amide bonds. The van der Waals surface area contributed by atoms with Crippen LogP contribution in [0.2, 0.25) is 0 Å². The van der Waals surface area contributed by atoms with E-state index in [0.29, 0.717) is 6.04 Å². The Morgan fingerprint density at radius 1 is 1.15 bits per heavy atom. The summed E-state index contributed by atoms with van der Waals surface area (Å²) in [6, 6.07) is 0.480. The van der Waals surface area contributed by atoms with Crippen LogP contribution in [-0.2, 0) is 23.6 Å². The topological polar surface area (TPSA) is 46.1 Å². The summed E-state index contributed by atoms with van der Waals surface area (Å²) in [7, 11) is 1.55. The van der Waals surface area contributed by atoms with Gasteiger partial charge in [0.05, 0.1) is 0 Å². The third-order valence-electron chi connectivity index (χ3n) is 4.51. The second-order valence-corrected chi connectivity index (χ2v) is 7.61. The van der Waals surface area contributed by atoms with Crippen molar-refractivity contribution in [3.63, 3.8) is 0 Å². The Labute approximate surface area is 123 Å². The molecule has 3 rings (SSSR count). The molecule has 0 N–H and O–H groups in total. The molecule has 0 aromatic carbocycles. The first kappa shape index (κ1) is 14.0. The molecule has 20 heavy (non-hydrogen) atoms. The molecule has 2 aliphatic rings. The first-order valence-corrected chi connectivity index (χ1v) is 9.08. The van der Waals surface area contributed by atoms with Gasteiger partial charge in [0.2, 0.25) is 0 Å². The van der Waals surface area contributed by atoms with Gasteiger partial charge in [0.1, 0.15) is 11.6 Å². The Hall–Kier alpha value is -0.970. The monoisotopic (exact) mass is 293 g/mol. The number of hydrogen-bond donors (Lipinski definition) is 0. The number of nitrogens with zero attached hydrogens (tertiary/aromatic N) is 3. The number of fused-ring (bicyclic) bond motifs is 1. The van der Waals surface area contributed by atoms with Gasteiger partial charge in [-0.05, 0) is 45.4 Å². The van der Waals surface area contributed by atoms with E-state index in [1.54, 1.807) is 0 Å². The molecule has 1 aliphatic heterocycles. The van der Waals surface area contributed by atoms with Crippen LogP contribution in [0.5, 0.6) is 0 Å². The van der Waals surface area contributed by atoms with Crippen molar-refractivity contribution >= 4 is 16.6 Å². The quantitative estimate of drug-likeness (QED) is 0.837. The van der Waals surface area contributed by atoms with Crippen LogP contribution in [0.3, 0.4) is 0 Å². The second kappa shape index (κ2) is 5.80. The van der Waals surface area contributed by atoms with E-state index < -0.39 is 10.8 Å². The highest BCUT2D eigenvalue weighted by atomic mass is 32.2. The van der Waals surface area contributed by atoms with E-state index in [1.807, 2.05) is 6.92 Å². The van der Waals surface area contributed by atoms with Crippen molar-refractivity contribution < 1.29 is 4.21 Å². The molecular weight excluding hydrogens is 270 g/mol. The normalized spacial score (nSPS) is 26.1. The fourth-order valence-corrected chi connectivity index (χ4v) is 4.60. The molecule has 0 atom stereocenters. The number of anilines is 1. The summed E-state index contributed by atoms with van der Waals surface area (Å²) in [4.78, 5) is 11.7. The number of rotatable bonds is 2. The first-order valence-electron chi connectivity index (χ1n) is 7.59. The fraction of sp³-hybridized carbons (Fsp3) is 0.733. The molecule has 0 spiro atoms. The SMILES string of the molecule is Cc1nc2c(c(N(C)C3CCS(=O)CC3)n1)CCCC2. The Bertz CT molecular complexity index is 522. The highest BCUT2D eigenvalue weighted by Gasteiger charge is 2.26. The molecular formula is C15H23N3OS. The third-order valence-corrected chi connectivity index (χ3v) is 5.89. The molecule has 1 saturated heterocycles. The zero-order valence-corrected chi connectivity index (χ0v) is 13.2. The molecule has 0 saturated carbocycles. The summed E-state index contributed by atoms with van der Waals surface area (Å²) in [5.74, 6) is 3.68. The Balaban J connectivity index is 1.89. The van der Waals surface area contributed by atoms with Crippen LogP contribution >= 0.6 is 0 Å². The molecule has 1 aromatic heterocycles. The van der Waals surface area contributed by atoms with E-state index in [2.05, 4.69) is 16.9 Å². The average molecular weight is 293 g/mol. The van der Waals surface area contributed by atoms with Crippen molar-refractivity contribution in [3.8, 4) is 0 Å². The van der Waals surface area contributed by atoms with Crippen LogP contribution in [0.1, 0.15) is 42.8 Å². The summed E-state index contributed by atoms with van der Waals surface area (Å²) in [6.45, 7) is 1.99. The Kier molecular flexibility index (Phi) is 4.06. The average Bonchev–Trinajstić information content (AvgIpc) is 2.46. The van der Waals surface area contributed by atoms with E-state index in [9.17, 15) is 4.21 Å². The maximum Gasteiger partial charge on any atom is 0.135 e. The maximum atomic E-state index is 11.5. The summed E-state index contributed by atoms with van der Waals surface area (Å²) >= 11 is 0. The van der Waals surface area contributed by atoms with Crippen LogP contribution in [0, 0.1) is 6.92 Å². The van der Waals surface area contributed by atoms with Crippen LogP contribution in [-0.4, -0.2) is 38.8 Å². The smallest absolute Gasteiger partial charge is 0.135 e. The molecule has 1 aliphatic carbocycles. The number of hydrogen-bond acceptors (Lipinski definition) is 4. The zero-order chi connectivity index (χ0) is 14.1. The lowest BCUT2D eigenvalue weighted by Crippen LogP contribution is -2.39. The van der Waals surface area contributed by atoms with Crippen LogP contribution in [0.4, 0.5) is 5.82 Å². The van der Waals surface area contributed by atoms with Crippen LogP contribution < -0.4 is 4.90 Å². The van der Waals surface area contributed by atoms with Gasteiger partial charge in [-0.3, -0.25) is 4.21 Å². The standard InChI is InChI=1S/C15H23N3OS/c1-11-16-14-6-4-3-5-13(14)15(17-11)18(2)12-7-9-20(19)10-8-12/h12H,3-10H2,1-2H3. The summed E-state index contributed by atoms with van der Waals surface area (Å²) in [5.41, 5.74) is 2.61. The van der Waals surface area contributed by atoms with Crippen molar-refractivity contribution in [3.05, 3.63) is 17.1 Å². The largest absolute Gasteiger partial charge is 0.356 e. The minimum absolute atomic E-state index is 0.480.